The first kappa shape index (κ1) is 17.5. The van der Waals surface area contributed by atoms with Crippen molar-refractivity contribution in [1.82, 2.24) is 4.72 Å². The molecule has 4 nitrogen and oxygen atoms in total. The fraction of sp³-hybridized carbons (Fsp3) is 0.333. The minimum absolute atomic E-state index is 0.239. The lowest BCUT2D eigenvalue weighted by Crippen LogP contribution is -2.29. The molecule has 1 atom stereocenters. The number of ether oxygens (including phenoxy) is 1. The van der Waals surface area contributed by atoms with Crippen molar-refractivity contribution in [3.63, 3.8) is 0 Å². The zero-order chi connectivity index (χ0) is 16.9. The third-order valence-electron chi connectivity index (χ3n) is 3.58. The number of hydrogen-bond acceptors (Lipinski definition) is 3. The van der Waals surface area contributed by atoms with Crippen LogP contribution in [-0.4, -0.2) is 15.5 Å². The van der Waals surface area contributed by atoms with Crippen molar-refractivity contribution in [2.24, 2.45) is 5.92 Å². The van der Waals surface area contributed by atoms with Gasteiger partial charge in [-0.2, -0.15) is 0 Å². The second-order valence-corrected chi connectivity index (χ2v) is 7.60. The number of sulfonamides is 1. The van der Waals surface area contributed by atoms with Crippen LogP contribution < -0.4 is 9.46 Å². The summed E-state index contributed by atoms with van der Waals surface area (Å²) >= 11 is 0. The molecular formula is C18H23NO3S. The molecule has 0 aliphatic carbocycles. The summed E-state index contributed by atoms with van der Waals surface area (Å²) in [5.41, 5.74) is 0.971. The molecule has 1 unspecified atom stereocenters. The van der Waals surface area contributed by atoms with Crippen LogP contribution in [0.4, 0.5) is 0 Å². The highest BCUT2D eigenvalue weighted by atomic mass is 32.2. The SMILES string of the molecule is COc1ccc(S(=O)(=O)NC(CC(C)C)c2ccccc2)cc1. The molecule has 2 aromatic rings. The first-order valence-electron chi connectivity index (χ1n) is 7.63. The summed E-state index contributed by atoms with van der Waals surface area (Å²) < 4.78 is 33.2. The normalized spacial score (nSPS) is 13.0. The summed E-state index contributed by atoms with van der Waals surface area (Å²) in [7, 11) is -2.03. The molecule has 0 amide bonds. The van der Waals surface area contributed by atoms with Crippen LogP contribution in [-0.2, 0) is 10.0 Å². The Morgan fingerprint density at radius 2 is 1.61 bits per heavy atom. The Kier molecular flexibility index (Phi) is 5.80. The molecule has 2 rings (SSSR count). The largest absolute Gasteiger partial charge is 0.497 e. The average Bonchev–Trinajstić information content (AvgIpc) is 2.54. The first-order valence-corrected chi connectivity index (χ1v) is 9.12. The molecule has 2 aromatic carbocycles. The molecule has 124 valence electrons. The fourth-order valence-corrected chi connectivity index (χ4v) is 3.66. The zero-order valence-electron chi connectivity index (χ0n) is 13.7. The second kappa shape index (κ2) is 7.62. The van der Waals surface area contributed by atoms with E-state index in [1.807, 2.05) is 30.3 Å². The third-order valence-corrected chi connectivity index (χ3v) is 5.06. The van der Waals surface area contributed by atoms with E-state index in [0.717, 1.165) is 12.0 Å². The number of nitrogens with one attached hydrogen (secondary N) is 1. The lowest BCUT2D eigenvalue weighted by atomic mass is 9.98. The van der Waals surface area contributed by atoms with Gasteiger partial charge in [0.2, 0.25) is 10.0 Å². The molecule has 1 N–H and O–H groups in total. The highest BCUT2D eigenvalue weighted by molar-refractivity contribution is 7.89. The van der Waals surface area contributed by atoms with Gasteiger partial charge in [-0.1, -0.05) is 44.2 Å². The topological polar surface area (TPSA) is 55.4 Å². The number of rotatable bonds is 7. The molecule has 0 saturated heterocycles. The summed E-state index contributed by atoms with van der Waals surface area (Å²) in [4.78, 5) is 0.239. The molecular weight excluding hydrogens is 310 g/mol. The van der Waals surface area contributed by atoms with Crippen molar-refractivity contribution < 1.29 is 13.2 Å². The van der Waals surface area contributed by atoms with Crippen LogP contribution in [0.15, 0.2) is 59.5 Å². The minimum atomic E-state index is -3.58. The summed E-state index contributed by atoms with van der Waals surface area (Å²) in [5, 5.41) is 0. The highest BCUT2D eigenvalue weighted by Crippen LogP contribution is 2.24. The lowest BCUT2D eigenvalue weighted by Gasteiger charge is -2.21. The van der Waals surface area contributed by atoms with E-state index in [9.17, 15) is 8.42 Å². The van der Waals surface area contributed by atoms with E-state index in [4.69, 9.17) is 4.74 Å². The standard InChI is InChI=1S/C18H23NO3S/c1-14(2)13-18(15-7-5-4-6-8-15)19-23(20,21)17-11-9-16(22-3)10-12-17/h4-12,14,18-19H,13H2,1-3H3. The van der Waals surface area contributed by atoms with Crippen LogP contribution in [0.2, 0.25) is 0 Å². The molecule has 23 heavy (non-hydrogen) atoms. The summed E-state index contributed by atoms with van der Waals surface area (Å²) in [6.07, 6.45) is 0.736. The average molecular weight is 333 g/mol. The van der Waals surface area contributed by atoms with Crippen LogP contribution in [0, 0.1) is 5.92 Å². The molecule has 0 heterocycles. The van der Waals surface area contributed by atoms with Gasteiger partial charge >= 0.3 is 0 Å². The summed E-state index contributed by atoms with van der Waals surface area (Å²) in [5.74, 6) is 1.00. The maximum atomic E-state index is 12.6. The van der Waals surface area contributed by atoms with Crippen molar-refractivity contribution in [2.75, 3.05) is 7.11 Å². The van der Waals surface area contributed by atoms with Crippen LogP contribution in [0.3, 0.4) is 0 Å². The van der Waals surface area contributed by atoms with Gasteiger partial charge in [0.1, 0.15) is 5.75 Å². The maximum Gasteiger partial charge on any atom is 0.241 e. The van der Waals surface area contributed by atoms with E-state index < -0.39 is 10.0 Å². The molecule has 0 aromatic heterocycles. The predicted octanol–water partition coefficient (Wildman–Crippen LogP) is 3.76. The van der Waals surface area contributed by atoms with E-state index in [1.165, 1.54) is 0 Å². The molecule has 0 bridgehead atoms. The van der Waals surface area contributed by atoms with E-state index in [1.54, 1.807) is 31.4 Å². The zero-order valence-corrected chi connectivity index (χ0v) is 14.5. The molecule has 0 spiro atoms. The van der Waals surface area contributed by atoms with Gasteiger partial charge in [-0.25, -0.2) is 13.1 Å². The van der Waals surface area contributed by atoms with Crippen LogP contribution in [0.25, 0.3) is 0 Å². The van der Waals surface area contributed by atoms with Crippen LogP contribution in [0.1, 0.15) is 31.9 Å². The maximum absolute atomic E-state index is 12.6. The van der Waals surface area contributed by atoms with E-state index >= 15 is 0 Å². The number of hydrogen-bond donors (Lipinski definition) is 1. The Morgan fingerprint density at radius 1 is 1.00 bits per heavy atom. The van der Waals surface area contributed by atoms with Crippen molar-refractivity contribution in [3.05, 3.63) is 60.2 Å². The summed E-state index contributed by atoms with van der Waals surface area (Å²) in [6.45, 7) is 4.16. The second-order valence-electron chi connectivity index (χ2n) is 5.89. The Balaban J connectivity index is 2.26. The van der Waals surface area contributed by atoms with Gasteiger partial charge in [-0.05, 0) is 42.2 Å². The van der Waals surface area contributed by atoms with Crippen molar-refractivity contribution in [3.8, 4) is 5.75 Å². The Morgan fingerprint density at radius 3 is 2.13 bits per heavy atom. The van der Waals surface area contributed by atoms with Gasteiger partial charge < -0.3 is 4.74 Å². The monoisotopic (exact) mass is 333 g/mol. The van der Waals surface area contributed by atoms with Crippen molar-refractivity contribution in [1.29, 1.82) is 0 Å². The molecule has 0 aliphatic heterocycles. The van der Waals surface area contributed by atoms with Crippen molar-refractivity contribution >= 4 is 10.0 Å². The quantitative estimate of drug-likeness (QED) is 0.839. The van der Waals surface area contributed by atoms with Gasteiger partial charge in [-0.15, -0.1) is 0 Å². The van der Waals surface area contributed by atoms with Gasteiger partial charge in [0.25, 0.3) is 0 Å². The van der Waals surface area contributed by atoms with Gasteiger partial charge in [0, 0.05) is 6.04 Å². The highest BCUT2D eigenvalue weighted by Gasteiger charge is 2.22. The van der Waals surface area contributed by atoms with Gasteiger partial charge in [-0.3, -0.25) is 0 Å². The first-order chi connectivity index (χ1) is 10.9. The van der Waals surface area contributed by atoms with Crippen LogP contribution in [0.5, 0.6) is 5.75 Å². The van der Waals surface area contributed by atoms with Gasteiger partial charge in [0.15, 0.2) is 0 Å². The number of benzene rings is 2. The van der Waals surface area contributed by atoms with Crippen LogP contribution >= 0.6 is 0 Å². The summed E-state index contributed by atoms with van der Waals surface area (Å²) in [6, 6.07) is 15.8. The number of methoxy groups -OCH3 is 1. The molecule has 0 aliphatic rings. The van der Waals surface area contributed by atoms with E-state index in [-0.39, 0.29) is 10.9 Å². The smallest absolute Gasteiger partial charge is 0.241 e. The molecule has 0 fully saturated rings. The fourth-order valence-electron chi connectivity index (χ4n) is 2.42. The van der Waals surface area contributed by atoms with Gasteiger partial charge in [0.05, 0.1) is 12.0 Å². The Bertz CT molecular complexity index is 710. The van der Waals surface area contributed by atoms with Crippen molar-refractivity contribution in [2.45, 2.75) is 31.2 Å². The van der Waals surface area contributed by atoms with E-state index in [2.05, 4.69) is 18.6 Å². The molecule has 5 heteroatoms. The predicted molar refractivity (Wildman–Crippen MR) is 92.0 cm³/mol. The van der Waals surface area contributed by atoms with E-state index in [0.29, 0.717) is 11.7 Å². The Labute approximate surface area is 138 Å². The minimum Gasteiger partial charge on any atom is -0.497 e. The molecule has 0 saturated carbocycles. The molecule has 0 radical (unpaired) electrons. The third kappa shape index (κ3) is 4.81. The Hall–Kier alpha value is -1.85. The lowest BCUT2D eigenvalue weighted by molar-refractivity contribution is 0.414.